The molecule has 8 nitrogen and oxygen atoms in total. The minimum absolute atomic E-state index is 0.108. The summed E-state index contributed by atoms with van der Waals surface area (Å²) in [6.07, 6.45) is 4.92. The predicted molar refractivity (Wildman–Crippen MR) is 158 cm³/mol. The molecule has 2 rings (SSSR count). The largest absolute Gasteiger partial charge is 0.508 e. The van der Waals surface area contributed by atoms with E-state index in [1.165, 1.54) is 0 Å². The smallest absolute Gasteiger partial charge is 0.408 e. The number of unbranched alkanes of at least 4 members (excludes halogenated alkanes) is 4. The van der Waals surface area contributed by atoms with E-state index in [0.717, 1.165) is 37.7 Å². The van der Waals surface area contributed by atoms with E-state index in [2.05, 4.69) is 24.5 Å². The van der Waals surface area contributed by atoms with Gasteiger partial charge in [-0.3, -0.25) is 9.59 Å². The van der Waals surface area contributed by atoms with Crippen molar-refractivity contribution in [2.24, 2.45) is 0 Å². The number of amides is 3. The number of carbonyl (C=O) groups excluding carboxylic acids is 3. The minimum Gasteiger partial charge on any atom is -0.508 e. The molecule has 0 aromatic heterocycles. The van der Waals surface area contributed by atoms with Crippen LogP contribution in [0.4, 0.5) is 4.79 Å². The molecule has 2 aromatic rings. The predicted octanol–water partition coefficient (Wildman–Crippen LogP) is 5.89. The Morgan fingerprint density at radius 3 is 2.12 bits per heavy atom. The summed E-state index contributed by atoms with van der Waals surface area (Å²) < 4.78 is 5.48. The van der Waals surface area contributed by atoms with Gasteiger partial charge < -0.3 is 25.4 Å². The number of nitrogens with zero attached hydrogens (tertiary/aromatic N) is 1. The molecule has 0 fully saturated rings. The molecule has 8 heteroatoms. The van der Waals surface area contributed by atoms with Crippen LogP contribution in [0.5, 0.6) is 5.75 Å². The number of ether oxygens (including phenoxy) is 1. The van der Waals surface area contributed by atoms with Crippen LogP contribution in [0.2, 0.25) is 0 Å². The van der Waals surface area contributed by atoms with Gasteiger partial charge in [0.2, 0.25) is 11.8 Å². The fraction of sp³-hybridized carbons (Fsp3) is 0.531. The Bertz CT molecular complexity index is 1050. The summed E-state index contributed by atoms with van der Waals surface area (Å²) in [5, 5.41) is 15.5. The Morgan fingerprint density at radius 2 is 1.52 bits per heavy atom. The number of alkyl carbamates (subject to hydrolysis) is 1. The summed E-state index contributed by atoms with van der Waals surface area (Å²) in [6, 6.07) is 14.0. The van der Waals surface area contributed by atoms with Crippen molar-refractivity contribution in [3.8, 4) is 5.75 Å². The lowest BCUT2D eigenvalue weighted by Gasteiger charge is -2.34. The Morgan fingerprint density at radius 1 is 0.900 bits per heavy atom. The molecule has 2 unspecified atom stereocenters. The lowest BCUT2D eigenvalue weighted by molar-refractivity contribution is -0.142. The molecule has 0 radical (unpaired) electrons. The number of phenolic OH excluding ortho intramolecular Hbond substituents is 1. The number of phenols is 1. The molecule has 0 heterocycles. The molecular formula is C32H47N3O5. The van der Waals surface area contributed by atoms with Crippen LogP contribution >= 0.6 is 0 Å². The van der Waals surface area contributed by atoms with Crippen molar-refractivity contribution in [2.75, 3.05) is 13.1 Å². The molecule has 40 heavy (non-hydrogen) atoms. The Hall–Kier alpha value is -3.55. The first-order valence-corrected chi connectivity index (χ1v) is 14.5. The number of nitrogens with one attached hydrogen (secondary N) is 2. The molecule has 2 aromatic carbocycles. The quantitative estimate of drug-likeness (QED) is 0.238. The van der Waals surface area contributed by atoms with Crippen molar-refractivity contribution < 1.29 is 24.2 Å². The monoisotopic (exact) mass is 553 g/mol. The Balaban J connectivity index is 2.47. The van der Waals surface area contributed by atoms with E-state index in [-0.39, 0.29) is 24.0 Å². The molecule has 0 bridgehead atoms. The van der Waals surface area contributed by atoms with Crippen molar-refractivity contribution in [1.29, 1.82) is 0 Å². The van der Waals surface area contributed by atoms with Gasteiger partial charge in [0, 0.05) is 19.5 Å². The molecule has 0 spiro atoms. The third kappa shape index (κ3) is 11.3. The second-order valence-electron chi connectivity index (χ2n) is 11.1. The maximum atomic E-state index is 14.3. The zero-order valence-electron chi connectivity index (χ0n) is 24.7. The second-order valence-corrected chi connectivity index (χ2v) is 11.1. The van der Waals surface area contributed by atoms with Crippen LogP contribution in [0.25, 0.3) is 0 Å². The van der Waals surface area contributed by atoms with E-state index in [1.54, 1.807) is 49.9 Å². The van der Waals surface area contributed by atoms with Gasteiger partial charge in [-0.15, -0.1) is 0 Å². The number of aromatic hydroxyl groups is 1. The zero-order chi connectivity index (χ0) is 29.5. The summed E-state index contributed by atoms with van der Waals surface area (Å²) in [6.45, 7) is 10.3. The van der Waals surface area contributed by atoms with E-state index in [9.17, 15) is 19.5 Å². The van der Waals surface area contributed by atoms with Crippen molar-refractivity contribution in [1.82, 2.24) is 15.5 Å². The van der Waals surface area contributed by atoms with Gasteiger partial charge in [0.25, 0.3) is 0 Å². The third-order valence-corrected chi connectivity index (χ3v) is 6.41. The molecule has 0 saturated heterocycles. The van der Waals surface area contributed by atoms with Crippen LogP contribution in [0.1, 0.15) is 90.3 Å². The fourth-order valence-electron chi connectivity index (χ4n) is 4.41. The minimum atomic E-state index is -0.986. The lowest BCUT2D eigenvalue weighted by atomic mass is 9.99. The molecule has 0 aliphatic rings. The SMILES string of the molecule is CCCCCNC(=O)C(c1ccccc1)N(CCCCC)C(=O)C(Cc1ccc(O)cc1)NC(=O)OC(C)(C)C. The second kappa shape index (κ2) is 16.5. The average Bonchev–Trinajstić information content (AvgIpc) is 2.90. The summed E-state index contributed by atoms with van der Waals surface area (Å²) in [4.78, 5) is 42.5. The first kappa shape index (κ1) is 32.7. The molecule has 0 saturated carbocycles. The zero-order valence-corrected chi connectivity index (χ0v) is 24.7. The van der Waals surface area contributed by atoms with Gasteiger partial charge in [0.15, 0.2) is 0 Å². The molecular weight excluding hydrogens is 506 g/mol. The van der Waals surface area contributed by atoms with Crippen molar-refractivity contribution in [3.63, 3.8) is 0 Å². The van der Waals surface area contributed by atoms with Crippen LogP contribution in [-0.2, 0) is 20.7 Å². The van der Waals surface area contributed by atoms with Crippen LogP contribution in [-0.4, -0.2) is 52.6 Å². The average molecular weight is 554 g/mol. The van der Waals surface area contributed by atoms with Gasteiger partial charge >= 0.3 is 6.09 Å². The van der Waals surface area contributed by atoms with Crippen LogP contribution in [0.15, 0.2) is 54.6 Å². The first-order chi connectivity index (χ1) is 19.1. The van der Waals surface area contributed by atoms with Gasteiger partial charge in [-0.25, -0.2) is 4.79 Å². The standard InChI is InChI=1S/C32H47N3O5/c1-6-8-13-21-33-29(37)28(25-15-11-10-12-16-25)35(22-14-9-7-2)30(38)27(34-31(39)40-32(3,4)5)23-24-17-19-26(36)20-18-24/h10-12,15-20,27-28,36H,6-9,13-14,21-23H2,1-5H3,(H,33,37)(H,34,39). The van der Waals surface area contributed by atoms with Gasteiger partial charge in [0.05, 0.1) is 0 Å². The number of rotatable bonds is 15. The van der Waals surface area contributed by atoms with Crippen LogP contribution in [0, 0.1) is 0 Å². The molecule has 3 N–H and O–H groups in total. The molecule has 3 amide bonds. The highest BCUT2D eigenvalue weighted by molar-refractivity contribution is 5.92. The summed E-state index contributed by atoms with van der Waals surface area (Å²) in [5.41, 5.74) is 0.712. The van der Waals surface area contributed by atoms with Gasteiger partial charge in [-0.05, 0) is 56.9 Å². The normalized spacial score (nSPS) is 12.7. The molecule has 220 valence electrons. The number of hydrogen-bond acceptors (Lipinski definition) is 5. The van der Waals surface area contributed by atoms with E-state index >= 15 is 0 Å². The molecule has 0 aliphatic heterocycles. The summed E-state index contributed by atoms with van der Waals surface area (Å²) in [5.74, 6) is -0.503. The third-order valence-electron chi connectivity index (χ3n) is 6.41. The van der Waals surface area contributed by atoms with Crippen LogP contribution in [0.3, 0.4) is 0 Å². The summed E-state index contributed by atoms with van der Waals surface area (Å²) >= 11 is 0. The maximum Gasteiger partial charge on any atom is 0.408 e. The maximum absolute atomic E-state index is 14.3. The van der Waals surface area contributed by atoms with E-state index in [1.807, 2.05) is 30.3 Å². The van der Waals surface area contributed by atoms with Gasteiger partial charge in [0.1, 0.15) is 23.4 Å². The number of hydrogen-bond donors (Lipinski definition) is 3. The van der Waals surface area contributed by atoms with E-state index < -0.39 is 23.8 Å². The highest BCUT2D eigenvalue weighted by Gasteiger charge is 2.36. The summed E-state index contributed by atoms with van der Waals surface area (Å²) in [7, 11) is 0. The highest BCUT2D eigenvalue weighted by Crippen LogP contribution is 2.24. The van der Waals surface area contributed by atoms with Crippen molar-refractivity contribution in [3.05, 3.63) is 65.7 Å². The highest BCUT2D eigenvalue weighted by atomic mass is 16.6. The Kier molecular flexibility index (Phi) is 13.5. The Labute approximate surface area is 239 Å². The lowest BCUT2D eigenvalue weighted by Crippen LogP contribution is -2.54. The number of carbonyl (C=O) groups is 3. The van der Waals surface area contributed by atoms with E-state index in [4.69, 9.17) is 4.74 Å². The topological polar surface area (TPSA) is 108 Å². The fourth-order valence-corrected chi connectivity index (χ4v) is 4.41. The van der Waals surface area contributed by atoms with E-state index in [0.29, 0.717) is 25.1 Å². The molecule has 0 aliphatic carbocycles. The van der Waals surface area contributed by atoms with Crippen molar-refractivity contribution >= 4 is 17.9 Å². The van der Waals surface area contributed by atoms with Crippen LogP contribution < -0.4 is 10.6 Å². The number of benzene rings is 2. The van der Waals surface area contributed by atoms with Gasteiger partial charge in [-0.2, -0.15) is 0 Å². The first-order valence-electron chi connectivity index (χ1n) is 14.5. The van der Waals surface area contributed by atoms with Gasteiger partial charge in [-0.1, -0.05) is 82.0 Å². The molecule has 2 atom stereocenters. The van der Waals surface area contributed by atoms with Crippen molar-refractivity contribution in [2.45, 2.75) is 97.2 Å².